The molecule has 3 rings (SSSR count). The Balaban J connectivity index is 1.41. The van der Waals surface area contributed by atoms with E-state index in [0.29, 0.717) is 13.2 Å². The van der Waals surface area contributed by atoms with Crippen LogP contribution in [0.3, 0.4) is 0 Å². The van der Waals surface area contributed by atoms with Crippen molar-refractivity contribution in [3.05, 3.63) is 60.7 Å². The molecular weight excluding hydrogens is 328 g/mol. The molecule has 1 aromatic rings. The van der Waals surface area contributed by atoms with E-state index in [0.717, 1.165) is 23.7 Å². The number of allylic oxidation sites excluding steroid dienone is 1. The quantitative estimate of drug-likeness (QED) is 0.326. The fourth-order valence-electron chi connectivity index (χ4n) is 5.37. The van der Waals surface area contributed by atoms with Crippen molar-refractivity contribution < 1.29 is 4.74 Å². The lowest BCUT2D eigenvalue weighted by Gasteiger charge is -2.38. The average molecular weight is 367 g/mol. The van der Waals surface area contributed by atoms with Crippen LogP contribution >= 0.6 is 0 Å². The minimum atomic E-state index is 0.627. The molecule has 0 heterocycles. The summed E-state index contributed by atoms with van der Waals surface area (Å²) in [5.41, 5.74) is 2.80. The summed E-state index contributed by atoms with van der Waals surface area (Å²) in [5.74, 6) is 3.75. The standard InChI is InChI=1S/C26H38O/c1-3-5-6-21-7-11-23(12-8-21)25-15-17-26(18-16-25)24-13-9-22(10-14-24)20-27-19-4-2/h3-4,9-10,13-14,21,23,25-26H,1-2,5-8,11-12,15-20H2. The largest absolute Gasteiger partial charge is 0.373 e. The lowest BCUT2D eigenvalue weighted by Crippen LogP contribution is -2.25. The third-order valence-corrected chi connectivity index (χ3v) is 7.06. The Morgan fingerprint density at radius 1 is 0.815 bits per heavy atom. The van der Waals surface area contributed by atoms with E-state index in [1.165, 1.54) is 75.3 Å². The smallest absolute Gasteiger partial charge is 0.0721 e. The van der Waals surface area contributed by atoms with E-state index in [1.807, 2.05) is 0 Å². The Kier molecular flexibility index (Phi) is 8.20. The first-order valence-electron chi connectivity index (χ1n) is 11.2. The van der Waals surface area contributed by atoms with Gasteiger partial charge in [-0.1, -0.05) is 49.3 Å². The zero-order valence-electron chi connectivity index (χ0n) is 17.1. The maximum atomic E-state index is 5.54. The fraction of sp³-hybridized carbons (Fsp3) is 0.615. The van der Waals surface area contributed by atoms with Gasteiger partial charge in [-0.05, 0) is 86.2 Å². The zero-order chi connectivity index (χ0) is 18.9. The Morgan fingerprint density at radius 2 is 1.44 bits per heavy atom. The van der Waals surface area contributed by atoms with E-state index < -0.39 is 0 Å². The van der Waals surface area contributed by atoms with Gasteiger partial charge < -0.3 is 4.74 Å². The van der Waals surface area contributed by atoms with Crippen molar-refractivity contribution in [1.29, 1.82) is 0 Å². The predicted molar refractivity (Wildman–Crippen MR) is 116 cm³/mol. The normalized spacial score (nSPS) is 28.6. The Hall–Kier alpha value is -1.34. The van der Waals surface area contributed by atoms with Crippen LogP contribution in [0.15, 0.2) is 49.6 Å². The van der Waals surface area contributed by atoms with Crippen LogP contribution in [0.4, 0.5) is 0 Å². The molecule has 0 unspecified atom stereocenters. The maximum absolute atomic E-state index is 5.54. The van der Waals surface area contributed by atoms with Gasteiger partial charge in [-0.2, -0.15) is 0 Å². The molecule has 0 atom stereocenters. The molecule has 2 saturated carbocycles. The average Bonchev–Trinajstić information content (AvgIpc) is 2.73. The minimum Gasteiger partial charge on any atom is -0.373 e. The highest BCUT2D eigenvalue weighted by atomic mass is 16.5. The van der Waals surface area contributed by atoms with Crippen LogP contribution in [0.2, 0.25) is 0 Å². The van der Waals surface area contributed by atoms with Crippen molar-refractivity contribution in [2.24, 2.45) is 17.8 Å². The lowest BCUT2D eigenvalue weighted by molar-refractivity contribution is 0.149. The molecule has 1 heteroatoms. The molecule has 2 fully saturated rings. The summed E-state index contributed by atoms with van der Waals surface area (Å²) in [6.07, 6.45) is 18.0. The van der Waals surface area contributed by atoms with Crippen LogP contribution in [0.25, 0.3) is 0 Å². The van der Waals surface area contributed by atoms with Gasteiger partial charge in [0.15, 0.2) is 0 Å². The second-order valence-corrected chi connectivity index (χ2v) is 8.80. The third kappa shape index (κ3) is 6.07. The highest BCUT2D eigenvalue weighted by Crippen LogP contribution is 2.44. The molecule has 148 valence electrons. The predicted octanol–water partition coefficient (Wildman–Crippen LogP) is 7.44. The first kappa shape index (κ1) is 20.4. The molecule has 0 radical (unpaired) electrons. The number of rotatable bonds is 9. The Bertz CT molecular complexity index is 556. The molecule has 2 aliphatic rings. The number of benzene rings is 1. The van der Waals surface area contributed by atoms with Crippen LogP contribution < -0.4 is 0 Å². The monoisotopic (exact) mass is 366 g/mol. The van der Waals surface area contributed by atoms with Crippen LogP contribution in [0.5, 0.6) is 0 Å². The number of ether oxygens (including phenoxy) is 1. The summed E-state index contributed by atoms with van der Waals surface area (Å²) in [4.78, 5) is 0. The summed E-state index contributed by atoms with van der Waals surface area (Å²) >= 11 is 0. The van der Waals surface area contributed by atoms with Gasteiger partial charge in [0.2, 0.25) is 0 Å². The van der Waals surface area contributed by atoms with E-state index in [-0.39, 0.29) is 0 Å². The van der Waals surface area contributed by atoms with Gasteiger partial charge in [0.25, 0.3) is 0 Å². The summed E-state index contributed by atoms with van der Waals surface area (Å²) in [7, 11) is 0. The van der Waals surface area contributed by atoms with Crippen molar-refractivity contribution >= 4 is 0 Å². The molecule has 0 spiro atoms. The first-order chi connectivity index (χ1) is 13.3. The van der Waals surface area contributed by atoms with E-state index in [9.17, 15) is 0 Å². The van der Waals surface area contributed by atoms with Crippen molar-refractivity contribution in [3.8, 4) is 0 Å². The summed E-state index contributed by atoms with van der Waals surface area (Å²) < 4.78 is 5.54. The molecule has 0 N–H and O–H groups in total. The minimum absolute atomic E-state index is 0.627. The van der Waals surface area contributed by atoms with Crippen molar-refractivity contribution in [2.45, 2.75) is 76.7 Å². The first-order valence-corrected chi connectivity index (χ1v) is 11.2. The molecule has 0 amide bonds. The summed E-state index contributed by atoms with van der Waals surface area (Å²) in [6, 6.07) is 9.16. The van der Waals surface area contributed by atoms with Gasteiger partial charge in [0.05, 0.1) is 13.2 Å². The van der Waals surface area contributed by atoms with Crippen molar-refractivity contribution in [2.75, 3.05) is 6.61 Å². The van der Waals surface area contributed by atoms with Gasteiger partial charge in [-0.3, -0.25) is 0 Å². The second-order valence-electron chi connectivity index (χ2n) is 8.80. The van der Waals surface area contributed by atoms with Gasteiger partial charge in [-0.15, -0.1) is 13.2 Å². The molecule has 27 heavy (non-hydrogen) atoms. The van der Waals surface area contributed by atoms with E-state index in [2.05, 4.69) is 43.5 Å². The highest BCUT2D eigenvalue weighted by molar-refractivity contribution is 5.25. The van der Waals surface area contributed by atoms with Crippen LogP contribution in [0, 0.1) is 17.8 Å². The van der Waals surface area contributed by atoms with Gasteiger partial charge in [-0.25, -0.2) is 0 Å². The molecular formula is C26H38O. The molecule has 0 bridgehead atoms. The highest BCUT2D eigenvalue weighted by Gasteiger charge is 2.31. The number of hydrogen-bond donors (Lipinski definition) is 0. The van der Waals surface area contributed by atoms with Crippen molar-refractivity contribution in [3.63, 3.8) is 0 Å². The molecule has 0 aliphatic heterocycles. The molecule has 1 aromatic carbocycles. The van der Waals surface area contributed by atoms with Gasteiger partial charge in [0, 0.05) is 0 Å². The van der Waals surface area contributed by atoms with Gasteiger partial charge in [0.1, 0.15) is 0 Å². The molecule has 1 nitrogen and oxygen atoms in total. The Morgan fingerprint density at radius 3 is 2.04 bits per heavy atom. The van der Waals surface area contributed by atoms with Crippen LogP contribution in [-0.4, -0.2) is 6.61 Å². The Labute approximate surface area is 166 Å². The van der Waals surface area contributed by atoms with Crippen molar-refractivity contribution in [1.82, 2.24) is 0 Å². The summed E-state index contributed by atoms with van der Waals surface area (Å²) in [5, 5.41) is 0. The second kappa shape index (κ2) is 10.9. The topological polar surface area (TPSA) is 9.23 Å². The molecule has 0 aromatic heterocycles. The molecule has 0 saturated heterocycles. The third-order valence-electron chi connectivity index (χ3n) is 7.06. The zero-order valence-corrected chi connectivity index (χ0v) is 17.1. The fourth-order valence-corrected chi connectivity index (χ4v) is 5.37. The SMILES string of the molecule is C=CCCC1CCC(C2CCC(c3ccc(COCC=C)cc3)CC2)CC1. The van der Waals surface area contributed by atoms with Crippen LogP contribution in [0.1, 0.15) is 81.3 Å². The molecule has 2 aliphatic carbocycles. The van der Waals surface area contributed by atoms with E-state index >= 15 is 0 Å². The van der Waals surface area contributed by atoms with E-state index in [4.69, 9.17) is 4.74 Å². The van der Waals surface area contributed by atoms with Crippen LogP contribution in [-0.2, 0) is 11.3 Å². The lowest BCUT2D eigenvalue weighted by atomic mass is 9.68. The summed E-state index contributed by atoms with van der Waals surface area (Å²) in [6.45, 7) is 8.89. The van der Waals surface area contributed by atoms with E-state index in [1.54, 1.807) is 6.08 Å². The maximum Gasteiger partial charge on any atom is 0.0721 e. The van der Waals surface area contributed by atoms with Gasteiger partial charge >= 0.3 is 0 Å². The number of hydrogen-bond acceptors (Lipinski definition) is 1.